The van der Waals surface area contributed by atoms with E-state index in [1.54, 1.807) is 4.68 Å². The first-order chi connectivity index (χ1) is 11.1. The third kappa shape index (κ3) is 4.78. The van der Waals surface area contributed by atoms with Crippen LogP contribution in [0.5, 0.6) is 0 Å². The number of carbonyl (C=O) groups is 1. The Hall–Kier alpha value is -1.40. The summed E-state index contributed by atoms with van der Waals surface area (Å²) in [7, 11) is 1.84. The fourth-order valence-electron chi connectivity index (χ4n) is 3.27. The van der Waals surface area contributed by atoms with Crippen LogP contribution < -0.4 is 5.32 Å². The summed E-state index contributed by atoms with van der Waals surface area (Å²) in [5.41, 5.74) is 0. The number of amides is 1. The first kappa shape index (κ1) is 16.5. The molecule has 2 aliphatic rings. The molecule has 1 aliphatic heterocycles. The summed E-state index contributed by atoms with van der Waals surface area (Å²) in [6, 6.07) is 1.81. The Morgan fingerprint density at radius 1 is 1.43 bits per heavy atom. The Morgan fingerprint density at radius 2 is 2.26 bits per heavy atom. The van der Waals surface area contributed by atoms with Gasteiger partial charge in [0.1, 0.15) is 0 Å². The number of rotatable bonds is 7. The van der Waals surface area contributed by atoms with Crippen LogP contribution in [0.4, 0.5) is 5.82 Å². The van der Waals surface area contributed by atoms with Gasteiger partial charge < -0.3 is 10.1 Å². The topological polar surface area (TPSA) is 59.4 Å². The quantitative estimate of drug-likeness (QED) is 0.835. The van der Waals surface area contributed by atoms with Crippen LogP contribution >= 0.6 is 0 Å². The van der Waals surface area contributed by atoms with Crippen molar-refractivity contribution < 1.29 is 9.53 Å². The summed E-state index contributed by atoms with van der Waals surface area (Å²) in [6.45, 7) is 4.37. The molecule has 1 aliphatic carbocycles. The van der Waals surface area contributed by atoms with E-state index in [9.17, 15) is 4.79 Å². The van der Waals surface area contributed by atoms with E-state index in [4.69, 9.17) is 4.74 Å². The third-order valence-corrected chi connectivity index (χ3v) is 4.64. The molecule has 1 aromatic rings. The van der Waals surface area contributed by atoms with Crippen molar-refractivity contribution in [1.82, 2.24) is 14.7 Å². The molecule has 2 atom stereocenters. The van der Waals surface area contributed by atoms with E-state index in [2.05, 4.69) is 22.2 Å². The molecule has 1 amide bonds. The summed E-state index contributed by atoms with van der Waals surface area (Å²) in [6.07, 6.45) is 8.44. The van der Waals surface area contributed by atoms with Crippen molar-refractivity contribution >= 4 is 11.7 Å². The number of hydrogen-bond acceptors (Lipinski definition) is 4. The van der Waals surface area contributed by atoms with E-state index in [-0.39, 0.29) is 12.0 Å². The average molecular weight is 320 g/mol. The molecular formula is C17H28N4O2. The highest BCUT2D eigenvalue weighted by molar-refractivity contribution is 5.91. The Bertz CT molecular complexity index is 526. The first-order valence-electron chi connectivity index (χ1n) is 8.81. The lowest BCUT2D eigenvalue weighted by Gasteiger charge is -2.38. The number of carbonyl (C=O) groups excluding carboxylic acids is 1. The number of aryl methyl sites for hydroxylation is 1. The molecule has 23 heavy (non-hydrogen) atoms. The van der Waals surface area contributed by atoms with Gasteiger partial charge in [-0.2, -0.15) is 5.10 Å². The van der Waals surface area contributed by atoms with Gasteiger partial charge in [-0.1, -0.05) is 19.8 Å². The zero-order valence-electron chi connectivity index (χ0n) is 14.2. The van der Waals surface area contributed by atoms with E-state index in [1.807, 2.05) is 19.3 Å². The largest absolute Gasteiger partial charge is 0.372 e. The molecule has 2 fully saturated rings. The molecular weight excluding hydrogens is 292 g/mol. The number of anilines is 1. The van der Waals surface area contributed by atoms with Gasteiger partial charge in [0.05, 0.1) is 18.8 Å². The fourth-order valence-corrected chi connectivity index (χ4v) is 3.27. The van der Waals surface area contributed by atoms with Crippen molar-refractivity contribution in [1.29, 1.82) is 0 Å². The maximum atomic E-state index is 12.3. The maximum absolute atomic E-state index is 12.3. The molecule has 6 heteroatoms. The molecule has 1 N–H and O–H groups in total. The Kier molecular flexibility index (Phi) is 5.33. The van der Waals surface area contributed by atoms with Gasteiger partial charge in [0.25, 0.3) is 0 Å². The average Bonchev–Trinajstić information content (AvgIpc) is 3.29. The second-order valence-electron chi connectivity index (χ2n) is 6.89. The van der Waals surface area contributed by atoms with Crippen molar-refractivity contribution in [2.24, 2.45) is 13.0 Å². The number of ether oxygens (including phenoxy) is 1. The second-order valence-corrected chi connectivity index (χ2v) is 6.89. The van der Waals surface area contributed by atoms with Crippen LogP contribution in [-0.2, 0) is 16.6 Å². The number of aromatic nitrogens is 2. The van der Waals surface area contributed by atoms with Gasteiger partial charge in [0.2, 0.25) is 5.91 Å². The van der Waals surface area contributed by atoms with Gasteiger partial charge in [-0.15, -0.1) is 0 Å². The first-order valence-corrected chi connectivity index (χ1v) is 8.81. The lowest BCUT2D eigenvalue weighted by atomic mass is 10.1. The minimum atomic E-state index is 0.00869. The zero-order valence-corrected chi connectivity index (χ0v) is 14.2. The molecule has 0 radical (unpaired) electrons. The van der Waals surface area contributed by atoms with Crippen LogP contribution in [0.2, 0.25) is 0 Å². The molecule has 2 heterocycles. The Balaban J connectivity index is 1.53. The van der Waals surface area contributed by atoms with Crippen molar-refractivity contribution in [3.63, 3.8) is 0 Å². The van der Waals surface area contributed by atoms with E-state index in [1.165, 1.54) is 25.7 Å². The monoisotopic (exact) mass is 320 g/mol. The van der Waals surface area contributed by atoms with Gasteiger partial charge in [-0.05, 0) is 25.2 Å². The Labute approximate surface area is 138 Å². The van der Waals surface area contributed by atoms with Crippen LogP contribution in [-0.4, -0.2) is 52.4 Å². The summed E-state index contributed by atoms with van der Waals surface area (Å²) in [5.74, 6) is 1.34. The minimum absolute atomic E-state index is 0.00869. The summed E-state index contributed by atoms with van der Waals surface area (Å²) in [4.78, 5) is 14.5. The van der Waals surface area contributed by atoms with Gasteiger partial charge in [-0.3, -0.25) is 14.4 Å². The molecule has 0 aromatic carbocycles. The second kappa shape index (κ2) is 7.45. The van der Waals surface area contributed by atoms with Crippen molar-refractivity contribution in [3.05, 3.63) is 12.3 Å². The van der Waals surface area contributed by atoms with E-state index in [0.29, 0.717) is 24.4 Å². The Morgan fingerprint density at radius 3 is 2.91 bits per heavy atom. The fraction of sp³-hybridized carbons (Fsp3) is 0.765. The smallest absolute Gasteiger partial charge is 0.239 e. The molecule has 6 nitrogen and oxygen atoms in total. The molecule has 0 spiro atoms. The molecule has 3 rings (SSSR count). The minimum Gasteiger partial charge on any atom is -0.372 e. The number of nitrogens with zero attached hydrogens (tertiary/aromatic N) is 3. The predicted molar refractivity (Wildman–Crippen MR) is 89.2 cm³/mol. The number of morpholine rings is 1. The van der Waals surface area contributed by atoms with Crippen LogP contribution in [0.3, 0.4) is 0 Å². The van der Waals surface area contributed by atoms with E-state index < -0.39 is 0 Å². The molecule has 1 aromatic heterocycles. The van der Waals surface area contributed by atoms with Crippen LogP contribution in [0, 0.1) is 5.92 Å². The van der Waals surface area contributed by atoms with Crippen LogP contribution in [0.25, 0.3) is 0 Å². The number of hydrogen-bond donors (Lipinski definition) is 1. The molecule has 128 valence electrons. The van der Waals surface area contributed by atoms with Gasteiger partial charge in [0.15, 0.2) is 5.82 Å². The lowest BCUT2D eigenvalue weighted by molar-refractivity contribution is -0.124. The van der Waals surface area contributed by atoms with E-state index in [0.717, 1.165) is 19.5 Å². The highest BCUT2D eigenvalue weighted by Gasteiger charge is 2.38. The maximum Gasteiger partial charge on any atom is 0.239 e. The molecule has 1 saturated heterocycles. The molecule has 0 unspecified atom stereocenters. The molecule has 1 saturated carbocycles. The normalized spacial score (nSPS) is 25.5. The van der Waals surface area contributed by atoms with Crippen LogP contribution in [0.15, 0.2) is 12.3 Å². The standard InChI is InChI=1S/C17H28N4O2/c1-3-4-5-14-10-21(11-15(23-14)13-6-7-13)12-17(22)18-16-8-9-20(2)19-16/h8-9,13-15H,3-7,10-12H2,1-2H3,(H,18,19,22)/t14-,15-/m1/s1. The lowest BCUT2D eigenvalue weighted by Crippen LogP contribution is -2.50. The van der Waals surface area contributed by atoms with E-state index >= 15 is 0 Å². The van der Waals surface area contributed by atoms with Crippen molar-refractivity contribution in [2.45, 2.75) is 51.2 Å². The number of unbranched alkanes of at least 4 members (excludes halogenated alkanes) is 1. The van der Waals surface area contributed by atoms with Crippen molar-refractivity contribution in [2.75, 3.05) is 25.0 Å². The molecule has 0 bridgehead atoms. The SMILES string of the molecule is CCCC[C@@H]1CN(CC(=O)Nc2ccn(C)n2)C[C@H](C2CC2)O1. The van der Waals surface area contributed by atoms with Crippen LogP contribution in [0.1, 0.15) is 39.0 Å². The predicted octanol–water partition coefficient (Wildman–Crippen LogP) is 2.03. The highest BCUT2D eigenvalue weighted by Crippen LogP contribution is 2.37. The van der Waals surface area contributed by atoms with Gasteiger partial charge in [-0.25, -0.2) is 0 Å². The van der Waals surface area contributed by atoms with Gasteiger partial charge >= 0.3 is 0 Å². The third-order valence-electron chi connectivity index (χ3n) is 4.64. The summed E-state index contributed by atoms with van der Waals surface area (Å²) in [5, 5.41) is 7.07. The van der Waals surface area contributed by atoms with Crippen molar-refractivity contribution in [3.8, 4) is 0 Å². The zero-order chi connectivity index (χ0) is 16.2. The number of nitrogens with one attached hydrogen (secondary N) is 1. The highest BCUT2D eigenvalue weighted by atomic mass is 16.5. The van der Waals surface area contributed by atoms with Gasteiger partial charge in [0, 0.05) is 32.4 Å². The summed E-state index contributed by atoms with van der Waals surface area (Å²) >= 11 is 0. The summed E-state index contributed by atoms with van der Waals surface area (Å²) < 4.78 is 7.95.